The first-order valence-electron chi connectivity index (χ1n) is 6.74. The molecule has 1 aliphatic rings. The SMILES string of the molecule is CCCCCC(C)NC(=O)CN1CCCC1. The highest BCUT2D eigenvalue weighted by Gasteiger charge is 2.15. The first-order chi connectivity index (χ1) is 7.72. The molecule has 0 bridgehead atoms. The fourth-order valence-corrected chi connectivity index (χ4v) is 2.24. The molecular weight excluding hydrogens is 200 g/mol. The van der Waals surface area contributed by atoms with Gasteiger partial charge >= 0.3 is 0 Å². The number of hydrogen-bond donors (Lipinski definition) is 1. The first kappa shape index (κ1) is 13.5. The van der Waals surface area contributed by atoms with Crippen molar-refractivity contribution < 1.29 is 4.79 Å². The molecule has 0 aromatic rings. The normalized spacial score (nSPS) is 18.6. The molecule has 1 aliphatic heterocycles. The molecule has 16 heavy (non-hydrogen) atoms. The molecule has 0 aromatic carbocycles. The van der Waals surface area contributed by atoms with Gasteiger partial charge in [-0.15, -0.1) is 0 Å². The Balaban J connectivity index is 2.07. The van der Waals surface area contributed by atoms with Gasteiger partial charge in [-0.1, -0.05) is 26.2 Å². The summed E-state index contributed by atoms with van der Waals surface area (Å²) in [6.07, 6.45) is 7.35. The van der Waals surface area contributed by atoms with E-state index in [9.17, 15) is 4.79 Å². The van der Waals surface area contributed by atoms with Crippen LogP contribution in [0.4, 0.5) is 0 Å². The van der Waals surface area contributed by atoms with Crippen molar-refractivity contribution in [1.82, 2.24) is 10.2 Å². The molecule has 0 aromatic heterocycles. The third-order valence-electron chi connectivity index (χ3n) is 3.21. The summed E-state index contributed by atoms with van der Waals surface area (Å²) < 4.78 is 0. The Morgan fingerprint density at radius 2 is 2.00 bits per heavy atom. The highest BCUT2D eigenvalue weighted by atomic mass is 16.2. The second-order valence-electron chi connectivity index (χ2n) is 4.95. The Kier molecular flexibility index (Phi) is 6.46. The maximum absolute atomic E-state index is 11.7. The van der Waals surface area contributed by atoms with E-state index in [-0.39, 0.29) is 5.91 Å². The van der Waals surface area contributed by atoms with Crippen LogP contribution in [0.5, 0.6) is 0 Å². The fourth-order valence-electron chi connectivity index (χ4n) is 2.24. The summed E-state index contributed by atoms with van der Waals surface area (Å²) in [6, 6.07) is 0.335. The van der Waals surface area contributed by atoms with Crippen LogP contribution in [0.2, 0.25) is 0 Å². The highest BCUT2D eigenvalue weighted by molar-refractivity contribution is 5.78. The predicted molar refractivity (Wildman–Crippen MR) is 67.4 cm³/mol. The lowest BCUT2D eigenvalue weighted by Gasteiger charge is -2.17. The first-order valence-corrected chi connectivity index (χ1v) is 6.74. The van der Waals surface area contributed by atoms with Crippen molar-refractivity contribution in [3.8, 4) is 0 Å². The summed E-state index contributed by atoms with van der Waals surface area (Å²) in [5, 5.41) is 3.09. The lowest BCUT2D eigenvalue weighted by Crippen LogP contribution is -2.40. The summed E-state index contributed by atoms with van der Waals surface area (Å²) in [5.41, 5.74) is 0. The zero-order chi connectivity index (χ0) is 11.8. The van der Waals surface area contributed by atoms with Crippen molar-refractivity contribution in [3.05, 3.63) is 0 Å². The van der Waals surface area contributed by atoms with E-state index in [1.165, 1.54) is 32.1 Å². The molecule has 0 aliphatic carbocycles. The average molecular weight is 226 g/mol. The molecule has 1 saturated heterocycles. The summed E-state index contributed by atoms with van der Waals surface area (Å²) in [5.74, 6) is 0.200. The average Bonchev–Trinajstić information content (AvgIpc) is 2.70. The van der Waals surface area contributed by atoms with Gasteiger partial charge in [-0.3, -0.25) is 9.69 Å². The smallest absolute Gasteiger partial charge is 0.234 e. The molecule has 1 rings (SSSR count). The molecular formula is C13H26N2O. The van der Waals surface area contributed by atoms with Crippen LogP contribution in [0, 0.1) is 0 Å². The molecule has 1 N–H and O–H groups in total. The van der Waals surface area contributed by atoms with Crippen LogP contribution in [0.25, 0.3) is 0 Å². The third kappa shape index (κ3) is 5.50. The van der Waals surface area contributed by atoms with Gasteiger partial charge in [-0.2, -0.15) is 0 Å². The summed E-state index contributed by atoms with van der Waals surface area (Å²) in [4.78, 5) is 13.9. The number of nitrogens with one attached hydrogen (secondary N) is 1. The maximum atomic E-state index is 11.7. The highest BCUT2D eigenvalue weighted by Crippen LogP contribution is 2.07. The van der Waals surface area contributed by atoms with Gasteiger partial charge in [0.15, 0.2) is 0 Å². The Morgan fingerprint density at radius 3 is 2.62 bits per heavy atom. The van der Waals surface area contributed by atoms with Crippen molar-refractivity contribution in [3.63, 3.8) is 0 Å². The number of amides is 1. The minimum absolute atomic E-state index is 0.200. The second kappa shape index (κ2) is 7.66. The Bertz CT molecular complexity index is 200. The quantitative estimate of drug-likeness (QED) is 0.675. The lowest BCUT2D eigenvalue weighted by molar-refractivity contribution is -0.122. The minimum Gasteiger partial charge on any atom is -0.353 e. The summed E-state index contributed by atoms with van der Waals surface area (Å²) >= 11 is 0. The van der Waals surface area contributed by atoms with E-state index in [1.807, 2.05) is 0 Å². The van der Waals surface area contributed by atoms with Crippen molar-refractivity contribution >= 4 is 5.91 Å². The zero-order valence-electron chi connectivity index (χ0n) is 10.8. The Labute approximate surface area is 99.6 Å². The van der Waals surface area contributed by atoms with Crippen LogP contribution in [-0.4, -0.2) is 36.5 Å². The van der Waals surface area contributed by atoms with Gasteiger partial charge in [0, 0.05) is 6.04 Å². The van der Waals surface area contributed by atoms with Gasteiger partial charge < -0.3 is 5.32 Å². The van der Waals surface area contributed by atoms with Gasteiger partial charge in [0.1, 0.15) is 0 Å². The number of nitrogens with zero attached hydrogens (tertiary/aromatic N) is 1. The largest absolute Gasteiger partial charge is 0.353 e. The molecule has 1 unspecified atom stereocenters. The monoisotopic (exact) mass is 226 g/mol. The number of rotatable bonds is 7. The van der Waals surface area contributed by atoms with Crippen LogP contribution < -0.4 is 5.32 Å². The van der Waals surface area contributed by atoms with Crippen LogP contribution >= 0.6 is 0 Å². The van der Waals surface area contributed by atoms with E-state index < -0.39 is 0 Å². The summed E-state index contributed by atoms with van der Waals surface area (Å²) in [6.45, 7) is 7.10. The molecule has 3 heteroatoms. The maximum Gasteiger partial charge on any atom is 0.234 e. The zero-order valence-corrected chi connectivity index (χ0v) is 10.8. The van der Waals surface area contributed by atoms with Crippen molar-refractivity contribution in [1.29, 1.82) is 0 Å². The molecule has 1 heterocycles. The lowest BCUT2D eigenvalue weighted by atomic mass is 10.1. The standard InChI is InChI=1S/C13H26N2O/c1-3-4-5-8-12(2)14-13(16)11-15-9-6-7-10-15/h12H,3-11H2,1-2H3,(H,14,16). The number of hydrogen-bond acceptors (Lipinski definition) is 2. The number of likely N-dealkylation sites (tertiary alicyclic amines) is 1. The van der Waals surface area contributed by atoms with Gasteiger partial charge in [0.25, 0.3) is 0 Å². The van der Waals surface area contributed by atoms with Gasteiger partial charge in [-0.05, 0) is 39.3 Å². The van der Waals surface area contributed by atoms with Crippen molar-refractivity contribution in [2.45, 2.75) is 58.4 Å². The summed E-state index contributed by atoms with van der Waals surface area (Å²) in [7, 11) is 0. The van der Waals surface area contributed by atoms with Gasteiger partial charge in [0.05, 0.1) is 6.54 Å². The van der Waals surface area contributed by atoms with Crippen molar-refractivity contribution in [2.75, 3.05) is 19.6 Å². The van der Waals surface area contributed by atoms with Crippen LogP contribution in [0.1, 0.15) is 52.4 Å². The van der Waals surface area contributed by atoms with E-state index in [0.29, 0.717) is 12.6 Å². The Hall–Kier alpha value is -0.570. The van der Waals surface area contributed by atoms with Crippen molar-refractivity contribution in [2.24, 2.45) is 0 Å². The van der Waals surface area contributed by atoms with E-state index in [1.54, 1.807) is 0 Å². The molecule has 1 atom stereocenters. The molecule has 1 amide bonds. The molecule has 0 saturated carbocycles. The molecule has 1 fully saturated rings. The fraction of sp³-hybridized carbons (Fsp3) is 0.923. The van der Waals surface area contributed by atoms with Crippen LogP contribution in [-0.2, 0) is 4.79 Å². The predicted octanol–water partition coefficient (Wildman–Crippen LogP) is 2.17. The topological polar surface area (TPSA) is 32.3 Å². The third-order valence-corrected chi connectivity index (χ3v) is 3.21. The number of carbonyl (C=O) groups excluding carboxylic acids is 1. The minimum atomic E-state index is 0.200. The number of unbranched alkanes of at least 4 members (excludes halogenated alkanes) is 2. The van der Waals surface area contributed by atoms with E-state index in [2.05, 4.69) is 24.1 Å². The van der Waals surface area contributed by atoms with E-state index in [4.69, 9.17) is 0 Å². The molecule has 3 nitrogen and oxygen atoms in total. The molecule has 0 spiro atoms. The van der Waals surface area contributed by atoms with Gasteiger partial charge in [0.2, 0.25) is 5.91 Å². The van der Waals surface area contributed by atoms with Gasteiger partial charge in [-0.25, -0.2) is 0 Å². The van der Waals surface area contributed by atoms with E-state index in [0.717, 1.165) is 19.5 Å². The van der Waals surface area contributed by atoms with E-state index >= 15 is 0 Å². The number of carbonyl (C=O) groups is 1. The Morgan fingerprint density at radius 1 is 1.31 bits per heavy atom. The second-order valence-corrected chi connectivity index (χ2v) is 4.95. The van der Waals surface area contributed by atoms with Crippen LogP contribution in [0.3, 0.4) is 0 Å². The molecule has 0 radical (unpaired) electrons. The molecule has 94 valence electrons. The van der Waals surface area contributed by atoms with Crippen LogP contribution in [0.15, 0.2) is 0 Å².